The van der Waals surface area contributed by atoms with Gasteiger partial charge in [0, 0.05) is 6.04 Å². The number of nitrogens with zero attached hydrogens (tertiary/aromatic N) is 1. The van der Waals surface area contributed by atoms with Gasteiger partial charge in [0.1, 0.15) is 0 Å². The van der Waals surface area contributed by atoms with Crippen LogP contribution >= 0.6 is 0 Å². The molecule has 0 aliphatic rings. The van der Waals surface area contributed by atoms with Crippen LogP contribution in [0.3, 0.4) is 0 Å². The van der Waals surface area contributed by atoms with Crippen LogP contribution in [0.2, 0.25) is 0 Å². The monoisotopic (exact) mass is 264 g/mol. The molecule has 0 aromatic heterocycles. The van der Waals surface area contributed by atoms with E-state index in [2.05, 4.69) is 38.2 Å². The third-order valence-electron chi connectivity index (χ3n) is 3.36. The second kappa shape index (κ2) is 8.31. The second-order valence-electron chi connectivity index (χ2n) is 5.74. The number of aliphatic hydroxyl groups is 1. The topological polar surface area (TPSA) is 35.5 Å². The van der Waals surface area contributed by atoms with Crippen molar-refractivity contribution in [1.29, 1.82) is 0 Å². The number of hydrogen-bond donors (Lipinski definition) is 2. The van der Waals surface area contributed by atoms with Gasteiger partial charge in [-0.2, -0.15) is 0 Å². The Balaban J connectivity index is 2.52. The molecule has 0 fully saturated rings. The quantitative estimate of drug-likeness (QED) is 0.707. The Morgan fingerprint density at radius 1 is 1.16 bits per heavy atom. The van der Waals surface area contributed by atoms with Gasteiger partial charge in [0.2, 0.25) is 0 Å². The molecule has 2 atom stereocenters. The van der Waals surface area contributed by atoms with E-state index in [1.165, 1.54) is 0 Å². The van der Waals surface area contributed by atoms with Crippen molar-refractivity contribution < 1.29 is 5.11 Å². The molecule has 0 aliphatic heterocycles. The summed E-state index contributed by atoms with van der Waals surface area (Å²) in [7, 11) is 4.16. The average Bonchev–Trinajstić information content (AvgIpc) is 2.38. The van der Waals surface area contributed by atoms with Gasteiger partial charge >= 0.3 is 0 Å². The van der Waals surface area contributed by atoms with Crippen LogP contribution in [0.25, 0.3) is 0 Å². The van der Waals surface area contributed by atoms with Crippen LogP contribution < -0.4 is 5.32 Å². The summed E-state index contributed by atoms with van der Waals surface area (Å²) in [5.74, 6) is 0.398. The van der Waals surface area contributed by atoms with E-state index in [-0.39, 0.29) is 6.04 Å². The van der Waals surface area contributed by atoms with Gasteiger partial charge in [0.05, 0.1) is 6.10 Å². The van der Waals surface area contributed by atoms with Crippen LogP contribution in [0.4, 0.5) is 0 Å². The Morgan fingerprint density at radius 3 is 2.32 bits per heavy atom. The molecule has 0 amide bonds. The van der Waals surface area contributed by atoms with Crippen LogP contribution in [0, 0.1) is 5.92 Å². The summed E-state index contributed by atoms with van der Waals surface area (Å²) in [6, 6.07) is 10.0. The van der Waals surface area contributed by atoms with Gasteiger partial charge in [-0.05, 0) is 45.1 Å². The molecule has 0 heterocycles. The van der Waals surface area contributed by atoms with Crippen LogP contribution in [-0.2, 0) is 0 Å². The highest BCUT2D eigenvalue weighted by Crippen LogP contribution is 2.21. The second-order valence-corrected chi connectivity index (χ2v) is 5.74. The van der Waals surface area contributed by atoms with E-state index < -0.39 is 6.10 Å². The predicted octanol–water partition coefficient (Wildman–Crippen LogP) is 2.29. The van der Waals surface area contributed by atoms with E-state index >= 15 is 0 Å². The molecular formula is C16H28N2O. The predicted molar refractivity (Wildman–Crippen MR) is 81.2 cm³/mol. The Hall–Kier alpha value is -0.900. The molecule has 3 heteroatoms. The third kappa shape index (κ3) is 5.72. The van der Waals surface area contributed by atoms with E-state index in [1.54, 1.807) is 0 Å². The SMILES string of the molecule is CC(C)C(NCCCN(C)C)C(O)c1ccccc1. The minimum absolute atomic E-state index is 0.101. The first-order chi connectivity index (χ1) is 9.02. The first-order valence-corrected chi connectivity index (χ1v) is 7.13. The molecule has 0 bridgehead atoms. The highest BCUT2D eigenvalue weighted by Gasteiger charge is 2.23. The van der Waals surface area contributed by atoms with Crippen LogP contribution in [-0.4, -0.2) is 43.2 Å². The molecule has 2 N–H and O–H groups in total. The number of aliphatic hydroxyl groups excluding tert-OH is 1. The zero-order chi connectivity index (χ0) is 14.3. The maximum absolute atomic E-state index is 10.5. The lowest BCUT2D eigenvalue weighted by Crippen LogP contribution is -2.40. The summed E-state index contributed by atoms with van der Waals surface area (Å²) in [5, 5.41) is 14.0. The molecule has 1 aromatic rings. The first-order valence-electron chi connectivity index (χ1n) is 7.13. The van der Waals surface area contributed by atoms with Crippen LogP contribution in [0.5, 0.6) is 0 Å². The molecule has 19 heavy (non-hydrogen) atoms. The third-order valence-corrected chi connectivity index (χ3v) is 3.36. The van der Waals surface area contributed by atoms with E-state index in [0.717, 1.165) is 25.1 Å². The Labute approximate surface area is 117 Å². The molecular weight excluding hydrogens is 236 g/mol. The lowest BCUT2D eigenvalue weighted by atomic mass is 9.93. The van der Waals surface area contributed by atoms with Gasteiger partial charge < -0.3 is 15.3 Å². The summed E-state index contributed by atoms with van der Waals surface area (Å²) in [6.45, 7) is 6.30. The molecule has 1 rings (SSSR count). The maximum Gasteiger partial charge on any atom is 0.0945 e. The highest BCUT2D eigenvalue weighted by atomic mass is 16.3. The smallest absolute Gasteiger partial charge is 0.0945 e. The van der Waals surface area contributed by atoms with Crippen molar-refractivity contribution in [2.45, 2.75) is 32.4 Å². The van der Waals surface area contributed by atoms with Crippen molar-refractivity contribution in [2.24, 2.45) is 5.92 Å². The lowest BCUT2D eigenvalue weighted by Gasteiger charge is -2.28. The van der Waals surface area contributed by atoms with E-state index in [9.17, 15) is 5.11 Å². The van der Waals surface area contributed by atoms with Crippen LogP contribution in [0.15, 0.2) is 30.3 Å². The Kier molecular flexibility index (Phi) is 7.06. The van der Waals surface area contributed by atoms with Gasteiger partial charge in [0.25, 0.3) is 0 Å². The largest absolute Gasteiger partial charge is 0.387 e. The summed E-state index contributed by atoms with van der Waals surface area (Å²) in [5.41, 5.74) is 0.987. The molecule has 0 aliphatic carbocycles. The summed E-state index contributed by atoms with van der Waals surface area (Å²) >= 11 is 0. The van der Waals surface area contributed by atoms with Gasteiger partial charge in [-0.3, -0.25) is 0 Å². The van der Waals surface area contributed by atoms with Crippen molar-refractivity contribution in [3.05, 3.63) is 35.9 Å². The average molecular weight is 264 g/mol. The molecule has 0 radical (unpaired) electrons. The number of hydrogen-bond acceptors (Lipinski definition) is 3. The lowest BCUT2D eigenvalue weighted by molar-refractivity contribution is 0.105. The zero-order valence-corrected chi connectivity index (χ0v) is 12.6. The fraction of sp³-hybridized carbons (Fsp3) is 0.625. The van der Waals surface area contributed by atoms with Crippen molar-refractivity contribution in [1.82, 2.24) is 10.2 Å². The van der Waals surface area contributed by atoms with Gasteiger partial charge in [-0.1, -0.05) is 44.2 Å². The zero-order valence-electron chi connectivity index (χ0n) is 12.6. The Bertz CT molecular complexity index is 338. The van der Waals surface area contributed by atoms with E-state index in [0.29, 0.717) is 5.92 Å². The number of nitrogens with one attached hydrogen (secondary N) is 1. The molecule has 0 saturated carbocycles. The van der Waals surface area contributed by atoms with Crippen molar-refractivity contribution in [2.75, 3.05) is 27.2 Å². The van der Waals surface area contributed by atoms with E-state index in [4.69, 9.17) is 0 Å². The summed E-state index contributed by atoms with van der Waals surface area (Å²) in [6.07, 6.45) is 0.651. The van der Waals surface area contributed by atoms with Gasteiger partial charge in [-0.15, -0.1) is 0 Å². The molecule has 2 unspecified atom stereocenters. The number of rotatable bonds is 8. The highest BCUT2D eigenvalue weighted by molar-refractivity contribution is 5.19. The van der Waals surface area contributed by atoms with Crippen molar-refractivity contribution in [3.63, 3.8) is 0 Å². The Morgan fingerprint density at radius 2 is 1.79 bits per heavy atom. The fourth-order valence-electron chi connectivity index (χ4n) is 2.23. The minimum atomic E-state index is -0.444. The van der Waals surface area contributed by atoms with Crippen LogP contribution in [0.1, 0.15) is 31.9 Å². The molecule has 0 spiro atoms. The summed E-state index contributed by atoms with van der Waals surface area (Å²) in [4.78, 5) is 2.18. The van der Waals surface area contributed by atoms with E-state index in [1.807, 2.05) is 30.3 Å². The first kappa shape index (κ1) is 16.2. The fourth-order valence-corrected chi connectivity index (χ4v) is 2.23. The normalized spacial score (nSPS) is 14.9. The van der Waals surface area contributed by atoms with Gasteiger partial charge in [0.15, 0.2) is 0 Å². The molecule has 108 valence electrons. The van der Waals surface area contributed by atoms with Crippen molar-refractivity contribution in [3.8, 4) is 0 Å². The molecule has 0 saturated heterocycles. The molecule has 1 aromatic carbocycles. The van der Waals surface area contributed by atoms with Gasteiger partial charge in [-0.25, -0.2) is 0 Å². The number of benzene rings is 1. The standard InChI is InChI=1S/C16H28N2O/c1-13(2)15(17-11-8-12-18(3)4)16(19)14-9-6-5-7-10-14/h5-7,9-10,13,15-17,19H,8,11-12H2,1-4H3. The van der Waals surface area contributed by atoms with Crippen molar-refractivity contribution >= 4 is 0 Å². The minimum Gasteiger partial charge on any atom is -0.387 e. The molecule has 3 nitrogen and oxygen atoms in total. The summed E-state index contributed by atoms with van der Waals surface area (Å²) < 4.78 is 0. The maximum atomic E-state index is 10.5.